The third kappa shape index (κ3) is 3.51. The number of methoxy groups -OCH3 is 1. The molecule has 0 aliphatic heterocycles. The van der Waals surface area contributed by atoms with E-state index in [0.29, 0.717) is 17.2 Å². The molecule has 2 nitrogen and oxygen atoms in total. The monoisotopic (exact) mass is 273 g/mol. The fourth-order valence-corrected chi connectivity index (χ4v) is 2.62. The number of benzene rings is 1. The van der Waals surface area contributed by atoms with Crippen LogP contribution in [-0.4, -0.2) is 19.3 Å². The van der Waals surface area contributed by atoms with Gasteiger partial charge in [0.15, 0.2) is 0 Å². The van der Waals surface area contributed by atoms with E-state index in [2.05, 4.69) is 5.32 Å². The van der Waals surface area contributed by atoms with Gasteiger partial charge >= 0.3 is 0 Å². The van der Waals surface area contributed by atoms with Crippen LogP contribution < -0.4 is 5.32 Å². The van der Waals surface area contributed by atoms with Crippen LogP contribution >= 0.6 is 23.2 Å². The lowest BCUT2D eigenvalue weighted by Gasteiger charge is -2.29. The van der Waals surface area contributed by atoms with Crippen molar-refractivity contribution in [3.8, 4) is 0 Å². The highest BCUT2D eigenvalue weighted by Crippen LogP contribution is 2.29. The first kappa shape index (κ1) is 13.0. The Morgan fingerprint density at radius 1 is 1.18 bits per heavy atom. The van der Waals surface area contributed by atoms with Crippen LogP contribution in [0.2, 0.25) is 10.0 Å². The summed E-state index contributed by atoms with van der Waals surface area (Å²) >= 11 is 12.1. The predicted molar refractivity (Wildman–Crippen MR) is 73.1 cm³/mol. The number of halogens is 2. The molecule has 1 aliphatic carbocycles. The van der Waals surface area contributed by atoms with Gasteiger partial charge in [-0.25, -0.2) is 0 Å². The van der Waals surface area contributed by atoms with Crippen molar-refractivity contribution < 1.29 is 4.74 Å². The molecule has 1 aromatic rings. The van der Waals surface area contributed by atoms with Crippen LogP contribution in [0.15, 0.2) is 18.2 Å². The van der Waals surface area contributed by atoms with E-state index >= 15 is 0 Å². The minimum Gasteiger partial charge on any atom is -0.381 e. The summed E-state index contributed by atoms with van der Waals surface area (Å²) in [6.45, 7) is 0. The smallest absolute Gasteiger partial charge is 0.0638 e. The number of rotatable bonds is 3. The molecule has 4 heteroatoms. The summed E-state index contributed by atoms with van der Waals surface area (Å²) in [5.74, 6) is 0. The molecular weight excluding hydrogens is 257 g/mol. The van der Waals surface area contributed by atoms with Crippen LogP contribution in [0.3, 0.4) is 0 Å². The van der Waals surface area contributed by atoms with Crippen molar-refractivity contribution in [3.05, 3.63) is 28.2 Å². The molecule has 1 aliphatic rings. The topological polar surface area (TPSA) is 21.3 Å². The molecular formula is C13H17Cl2NO. The van der Waals surface area contributed by atoms with Crippen molar-refractivity contribution >= 4 is 28.9 Å². The Hall–Kier alpha value is -0.440. The van der Waals surface area contributed by atoms with Crippen LogP contribution in [-0.2, 0) is 4.74 Å². The zero-order valence-corrected chi connectivity index (χ0v) is 11.4. The average Bonchev–Trinajstić information content (AvgIpc) is 2.35. The summed E-state index contributed by atoms with van der Waals surface area (Å²) in [7, 11) is 1.78. The Morgan fingerprint density at radius 2 is 1.88 bits per heavy atom. The number of hydrogen-bond donors (Lipinski definition) is 1. The fourth-order valence-electron chi connectivity index (χ4n) is 2.27. The van der Waals surface area contributed by atoms with Gasteiger partial charge in [-0.3, -0.25) is 0 Å². The van der Waals surface area contributed by atoms with Gasteiger partial charge in [-0.05, 0) is 43.9 Å². The van der Waals surface area contributed by atoms with Crippen LogP contribution in [0.4, 0.5) is 5.69 Å². The summed E-state index contributed by atoms with van der Waals surface area (Å²) < 4.78 is 5.36. The Labute approximate surface area is 112 Å². The molecule has 1 aromatic carbocycles. The molecule has 0 saturated heterocycles. The second-order valence-electron chi connectivity index (χ2n) is 4.48. The highest BCUT2D eigenvalue weighted by molar-refractivity contribution is 6.35. The molecule has 2 rings (SSSR count). The summed E-state index contributed by atoms with van der Waals surface area (Å²) in [4.78, 5) is 0. The van der Waals surface area contributed by atoms with Crippen LogP contribution in [0.5, 0.6) is 0 Å². The lowest BCUT2D eigenvalue weighted by molar-refractivity contribution is 0.0682. The Kier molecular flexibility index (Phi) is 4.55. The first-order valence-electron chi connectivity index (χ1n) is 5.93. The number of nitrogens with one attached hydrogen (secondary N) is 1. The van der Waals surface area contributed by atoms with Gasteiger partial charge in [0, 0.05) is 18.2 Å². The van der Waals surface area contributed by atoms with Gasteiger partial charge in [0.2, 0.25) is 0 Å². The molecule has 0 atom stereocenters. The molecule has 1 N–H and O–H groups in total. The molecule has 0 unspecified atom stereocenters. The van der Waals surface area contributed by atoms with Crippen LogP contribution in [0, 0.1) is 0 Å². The lowest BCUT2D eigenvalue weighted by atomic mass is 9.93. The number of hydrogen-bond acceptors (Lipinski definition) is 2. The molecule has 0 spiro atoms. The first-order chi connectivity index (χ1) is 8.19. The minimum atomic E-state index is 0.419. The zero-order valence-electron chi connectivity index (χ0n) is 9.88. The standard InChI is InChI=1S/C13H17Cl2NO/c1-17-11-5-3-10(4-6-11)16-13-8-9(14)2-7-12(13)15/h2,7-8,10-11,16H,3-6H2,1H3. The lowest BCUT2D eigenvalue weighted by Crippen LogP contribution is -2.29. The van der Waals surface area contributed by atoms with Crippen LogP contribution in [0.1, 0.15) is 25.7 Å². The van der Waals surface area contributed by atoms with E-state index in [1.807, 2.05) is 12.1 Å². The summed E-state index contributed by atoms with van der Waals surface area (Å²) in [6, 6.07) is 5.98. The van der Waals surface area contributed by atoms with E-state index in [9.17, 15) is 0 Å². The molecule has 0 amide bonds. The van der Waals surface area contributed by atoms with Crippen molar-refractivity contribution in [2.75, 3.05) is 12.4 Å². The quantitative estimate of drug-likeness (QED) is 0.884. The van der Waals surface area contributed by atoms with E-state index in [-0.39, 0.29) is 0 Å². The number of ether oxygens (including phenoxy) is 1. The van der Waals surface area contributed by atoms with E-state index in [0.717, 1.165) is 36.4 Å². The summed E-state index contributed by atoms with van der Waals surface area (Å²) in [5, 5.41) is 4.90. The van der Waals surface area contributed by atoms with E-state index in [4.69, 9.17) is 27.9 Å². The normalized spacial score (nSPS) is 24.6. The molecule has 17 heavy (non-hydrogen) atoms. The second-order valence-corrected chi connectivity index (χ2v) is 5.32. The van der Waals surface area contributed by atoms with Crippen molar-refractivity contribution in [2.24, 2.45) is 0 Å². The largest absolute Gasteiger partial charge is 0.381 e. The predicted octanol–water partition coefficient (Wildman–Crippen LogP) is 4.36. The summed E-state index contributed by atoms with van der Waals surface area (Å²) in [5.41, 5.74) is 0.931. The fraction of sp³-hybridized carbons (Fsp3) is 0.538. The van der Waals surface area contributed by atoms with Gasteiger partial charge in [-0.1, -0.05) is 23.2 Å². The SMILES string of the molecule is COC1CCC(Nc2cc(Cl)ccc2Cl)CC1. The Bertz CT molecular complexity index is 376. The van der Waals surface area contributed by atoms with Gasteiger partial charge in [0.05, 0.1) is 16.8 Å². The molecule has 0 radical (unpaired) electrons. The molecule has 94 valence electrons. The minimum absolute atomic E-state index is 0.419. The molecule has 1 fully saturated rings. The van der Waals surface area contributed by atoms with Crippen LogP contribution in [0.25, 0.3) is 0 Å². The van der Waals surface area contributed by atoms with E-state index < -0.39 is 0 Å². The Balaban J connectivity index is 1.95. The Morgan fingerprint density at radius 3 is 2.53 bits per heavy atom. The van der Waals surface area contributed by atoms with Crippen molar-refractivity contribution in [2.45, 2.75) is 37.8 Å². The van der Waals surface area contributed by atoms with Gasteiger partial charge in [-0.2, -0.15) is 0 Å². The number of anilines is 1. The molecule has 1 saturated carbocycles. The first-order valence-corrected chi connectivity index (χ1v) is 6.69. The molecule has 0 aromatic heterocycles. The third-order valence-corrected chi connectivity index (χ3v) is 3.86. The van der Waals surface area contributed by atoms with Crippen molar-refractivity contribution in [3.63, 3.8) is 0 Å². The highest BCUT2D eigenvalue weighted by Gasteiger charge is 2.21. The van der Waals surface area contributed by atoms with Gasteiger partial charge in [0.25, 0.3) is 0 Å². The van der Waals surface area contributed by atoms with Crippen molar-refractivity contribution in [1.82, 2.24) is 0 Å². The second kappa shape index (κ2) is 5.94. The van der Waals surface area contributed by atoms with E-state index in [1.54, 1.807) is 13.2 Å². The zero-order chi connectivity index (χ0) is 12.3. The summed E-state index contributed by atoms with van der Waals surface area (Å²) in [6.07, 6.45) is 4.85. The van der Waals surface area contributed by atoms with E-state index in [1.165, 1.54) is 0 Å². The maximum Gasteiger partial charge on any atom is 0.0638 e. The van der Waals surface area contributed by atoms with Gasteiger partial charge < -0.3 is 10.1 Å². The van der Waals surface area contributed by atoms with Gasteiger partial charge in [-0.15, -0.1) is 0 Å². The third-order valence-electron chi connectivity index (χ3n) is 3.30. The van der Waals surface area contributed by atoms with Crippen molar-refractivity contribution in [1.29, 1.82) is 0 Å². The maximum atomic E-state index is 6.13. The highest BCUT2D eigenvalue weighted by atomic mass is 35.5. The maximum absolute atomic E-state index is 6.13. The molecule has 0 heterocycles. The average molecular weight is 274 g/mol. The van der Waals surface area contributed by atoms with Gasteiger partial charge in [0.1, 0.15) is 0 Å². The molecule has 0 bridgehead atoms.